The van der Waals surface area contributed by atoms with E-state index in [0.29, 0.717) is 23.5 Å². The van der Waals surface area contributed by atoms with Crippen LogP contribution in [0.4, 0.5) is 0 Å². The molecule has 1 saturated carbocycles. The molecule has 1 unspecified atom stereocenters. The molecule has 2 bridgehead atoms. The molecule has 1 spiro atoms. The first-order valence-corrected chi connectivity index (χ1v) is 8.09. The van der Waals surface area contributed by atoms with Gasteiger partial charge in [0.15, 0.2) is 0 Å². The van der Waals surface area contributed by atoms with E-state index in [1.54, 1.807) is 0 Å². The minimum Gasteiger partial charge on any atom is -0.508 e. The number of fused-ring (bicyclic) bond motifs is 2. The van der Waals surface area contributed by atoms with Crippen molar-refractivity contribution in [1.82, 2.24) is 0 Å². The average Bonchev–Trinajstić information content (AvgIpc) is 2.86. The Morgan fingerprint density at radius 3 is 3.00 bits per heavy atom. The van der Waals surface area contributed by atoms with E-state index < -0.39 is 0 Å². The Balaban J connectivity index is 1.82. The molecule has 3 aliphatic carbocycles. The van der Waals surface area contributed by atoms with Crippen molar-refractivity contribution in [2.45, 2.75) is 51.6 Å². The van der Waals surface area contributed by atoms with Crippen LogP contribution in [0, 0.1) is 24.2 Å². The normalized spacial score (nSPS) is 41.9. The fraction of sp³-hybridized carbons (Fsp3) is 0.611. The van der Waals surface area contributed by atoms with Crippen LogP contribution in [0.5, 0.6) is 5.75 Å². The Labute approximate surface area is 124 Å². The lowest BCUT2D eigenvalue weighted by Gasteiger charge is -2.57. The Bertz CT molecular complexity index is 692. The molecule has 6 rings (SSSR count). The Kier molecular flexibility index (Phi) is 1.98. The molecule has 0 amide bonds. The molecular formula is C18H20O3. The van der Waals surface area contributed by atoms with Gasteiger partial charge in [-0.2, -0.15) is 0 Å². The molecule has 21 heavy (non-hydrogen) atoms. The number of hydrogen-bond acceptors (Lipinski definition) is 3. The van der Waals surface area contributed by atoms with Crippen LogP contribution >= 0.6 is 0 Å². The number of carbonyl (C=O) groups is 1. The van der Waals surface area contributed by atoms with Crippen molar-refractivity contribution in [3.8, 4) is 5.75 Å². The predicted molar refractivity (Wildman–Crippen MR) is 77.2 cm³/mol. The number of benzene rings is 1. The maximum absolute atomic E-state index is 12.7. The molecule has 110 valence electrons. The zero-order valence-corrected chi connectivity index (χ0v) is 12.5. The van der Waals surface area contributed by atoms with Crippen LogP contribution in [0.25, 0.3) is 0 Å². The number of rotatable bonds is 0. The van der Waals surface area contributed by atoms with E-state index in [0.717, 1.165) is 31.2 Å². The van der Waals surface area contributed by atoms with E-state index >= 15 is 0 Å². The van der Waals surface area contributed by atoms with Gasteiger partial charge in [0, 0.05) is 11.8 Å². The lowest BCUT2D eigenvalue weighted by atomic mass is 9.50. The van der Waals surface area contributed by atoms with Crippen LogP contribution in [0.3, 0.4) is 0 Å². The van der Waals surface area contributed by atoms with Crippen molar-refractivity contribution < 1.29 is 14.6 Å². The van der Waals surface area contributed by atoms with Gasteiger partial charge in [0.2, 0.25) is 0 Å². The van der Waals surface area contributed by atoms with Crippen molar-refractivity contribution in [3.05, 3.63) is 28.3 Å². The minimum absolute atomic E-state index is 0.0525. The van der Waals surface area contributed by atoms with Gasteiger partial charge in [0.1, 0.15) is 11.9 Å². The fourth-order valence-corrected chi connectivity index (χ4v) is 5.91. The van der Waals surface area contributed by atoms with Gasteiger partial charge in [-0.05, 0) is 66.8 Å². The van der Waals surface area contributed by atoms with Crippen molar-refractivity contribution in [1.29, 1.82) is 0 Å². The maximum atomic E-state index is 12.7. The molecule has 5 aliphatic rings. The van der Waals surface area contributed by atoms with E-state index in [4.69, 9.17) is 4.74 Å². The van der Waals surface area contributed by atoms with Gasteiger partial charge in [-0.1, -0.05) is 6.92 Å². The zero-order chi connectivity index (χ0) is 14.5. The zero-order valence-electron chi connectivity index (χ0n) is 12.5. The highest BCUT2D eigenvalue weighted by Gasteiger charge is 2.67. The molecule has 0 aromatic heterocycles. The summed E-state index contributed by atoms with van der Waals surface area (Å²) < 4.78 is 5.79. The topological polar surface area (TPSA) is 46.5 Å². The summed E-state index contributed by atoms with van der Waals surface area (Å²) in [6, 6.07) is 1.95. The fourth-order valence-electron chi connectivity index (χ4n) is 5.91. The van der Waals surface area contributed by atoms with Gasteiger partial charge in [-0.3, -0.25) is 4.79 Å². The van der Waals surface area contributed by atoms with E-state index in [9.17, 15) is 9.90 Å². The summed E-state index contributed by atoms with van der Waals surface area (Å²) in [6.07, 6.45) is 3.85. The number of phenolic OH excluding ortho intramolecular Hbond substituents is 1. The quantitative estimate of drug-likeness (QED) is 0.745. The average molecular weight is 284 g/mol. The van der Waals surface area contributed by atoms with E-state index in [1.165, 1.54) is 16.7 Å². The lowest BCUT2D eigenvalue weighted by Crippen LogP contribution is -2.60. The molecule has 3 fully saturated rings. The molecule has 0 radical (unpaired) electrons. The van der Waals surface area contributed by atoms with Crippen LogP contribution in [0.15, 0.2) is 6.07 Å². The molecule has 3 nitrogen and oxygen atoms in total. The van der Waals surface area contributed by atoms with E-state index in [1.807, 2.05) is 13.0 Å². The van der Waals surface area contributed by atoms with Crippen LogP contribution in [-0.4, -0.2) is 17.2 Å². The van der Waals surface area contributed by atoms with Crippen molar-refractivity contribution in [2.75, 3.05) is 0 Å². The first-order valence-electron chi connectivity index (χ1n) is 8.09. The Morgan fingerprint density at radius 2 is 2.24 bits per heavy atom. The second-order valence-corrected chi connectivity index (χ2v) is 7.54. The number of phenols is 1. The number of esters is 1. The van der Waals surface area contributed by atoms with Crippen LogP contribution < -0.4 is 0 Å². The molecule has 5 atom stereocenters. The third-order valence-electron chi connectivity index (χ3n) is 6.94. The monoisotopic (exact) mass is 284 g/mol. The first kappa shape index (κ1) is 12.1. The Hall–Kier alpha value is -1.51. The van der Waals surface area contributed by atoms with Gasteiger partial charge >= 0.3 is 5.97 Å². The summed E-state index contributed by atoms with van der Waals surface area (Å²) in [6.45, 7) is 4.25. The number of aryl methyl sites for hydroxylation is 1. The van der Waals surface area contributed by atoms with Gasteiger partial charge in [-0.15, -0.1) is 0 Å². The predicted octanol–water partition coefficient (Wildman–Crippen LogP) is 2.85. The molecule has 3 heteroatoms. The second-order valence-electron chi connectivity index (χ2n) is 7.54. The standard InChI is InChI=1S/C18H20O3/c1-8-5-14-12-7-11-9(2)13(19)6-10-3-4-18(8,17(20)21-14)16(12)15(10)11/h6,8,12,14,16,19H,3-5,7H2,1-2H3/t8?,12-,14+,16+,18-/m1/s1. The summed E-state index contributed by atoms with van der Waals surface area (Å²) in [4.78, 5) is 12.7. The number of hydrogen-bond donors (Lipinski definition) is 1. The number of aromatic hydroxyl groups is 1. The summed E-state index contributed by atoms with van der Waals surface area (Å²) in [5, 5.41) is 10.2. The molecule has 2 heterocycles. The van der Waals surface area contributed by atoms with Crippen molar-refractivity contribution in [2.24, 2.45) is 17.3 Å². The highest BCUT2D eigenvalue weighted by atomic mass is 16.5. The summed E-state index contributed by atoms with van der Waals surface area (Å²) >= 11 is 0. The summed E-state index contributed by atoms with van der Waals surface area (Å²) in [5.74, 6) is 1.67. The van der Waals surface area contributed by atoms with E-state index in [2.05, 4.69) is 6.92 Å². The molecule has 1 N–H and O–H groups in total. The Morgan fingerprint density at radius 1 is 1.43 bits per heavy atom. The first-order chi connectivity index (χ1) is 10.0. The highest BCUT2D eigenvalue weighted by Crippen LogP contribution is 2.67. The second kappa shape index (κ2) is 3.45. The van der Waals surface area contributed by atoms with Crippen LogP contribution in [0.1, 0.15) is 47.9 Å². The third-order valence-corrected chi connectivity index (χ3v) is 6.94. The van der Waals surface area contributed by atoms with Crippen molar-refractivity contribution >= 4 is 5.97 Å². The van der Waals surface area contributed by atoms with Gasteiger partial charge in [-0.25, -0.2) is 0 Å². The van der Waals surface area contributed by atoms with Crippen molar-refractivity contribution in [3.63, 3.8) is 0 Å². The molecule has 2 saturated heterocycles. The summed E-state index contributed by atoms with van der Waals surface area (Å²) in [7, 11) is 0. The van der Waals surface area contributed by atoms with Gasteiger partial charge in [0.25, 0.3) is 0 Å². The molecule has 2 aliphatic heterocycles. The molecule has 1 aromatic carbocycles. The van der Waals surface area contributed by atoms with Gasteiger partial charge < -0.3 is 9.84 Å². The molecular weight excluding hydrogens is 264 g/mol. The SMILES string of the molecule is Cc1c(O)cc2c3c1C[C@@H]1[C@@H]4CC(C)[C@@](CC2)(C(=O)O4)[C@H]31. The third kappa shape index (κ3) is 1.14. The summed E-state index contributed by atoms with van der Waals surface area (Å²) in [5.41, 5.74) is 4.70. The number of ether oxygens (including phenoxy) is 1. The largest absolute Gasteiger partial charge is 0.508 e. The van der Waals surface area contributed by atoms with Crippen LogP contribution in [-0.2, 0) is 22.4 Å². The van der Waals surface area contributed by atoms with Crippen LogP contribution in [0.2, 0.25) is 0 Å². The lowest BCUT2D eigenvalue weighted by molar-refractivity contribution is -0.207. The van der Waals surface area contributed by atoms with E-state index in [-0.39, 0.29) is 17.5 Å². The highest BCUT2D eigenvalue weighted by molar-refractivity contribution is 5.83. The maximum Gasteiger partial charge on any atom is 0.313 e. The number of carbonyl (C=O) groups excluding carboxylic acids is 1. The smallest absolute Gasteiger partial charge is 0.313 e. The molecule has 1 aromatic rings. The minimum atomic E-state index is -0.291. The van der Waals surface area contributed by atoms with Gasteiger partial charge in [0.05, 0.1) is 5.41 Å².